The van der Waals surface area contributed by atoms with Crippen LogP contribution < -0.4 is 26.6 Å². The summed E-state index contributed by atoms with van der Waals surface area (Å²) in [6, 6.07) is -0.867. The van der Waals surface area contributed by atoms with Crippen LogP contribution in [0, 0.1) is 29.6 Å². The van der Waals surface area contributed by atoms with Gasteiger partial charge in [-0.3, -0.25) is 38.7 Å². The standard InChI is InChI=1S/C59H108N8O10/c1-48(2)21-37(22-49(3,4)60-48)42(31-65(32-43(68)69)33-44(70)71)67(36-47(76)77)59(40-27-54(13,14)63-55(15,16)28-40,41-29-56(17,18)64-57(19,20)30-41)58(66(34-45(72)73)35-46(74)75,38-23-50(5,6)61-51(7,8)24-38)39-25-52(9,10)62-53(11,12)26-39/h37-42,60-64H,21-36H2,1-20H3,(H,68,69)(H,70,71)(H,72,73)(H,74,75)(H,76,77). The third kappa shape index (κ3) is 15.5. The maximum Gasteiger partial charge on any atom is 0.317 e. The number of nitrogens with one attached hydrogen (secondary N) is 5. The molecule has 0 spiro atoms. The molecule has 0 bridgehead atoms. The van der Waals surface area contributed by atoms with Gasteiger partial charge in [0.1, 0.15) is 0 Å². The lowest BCUT2D eigenvalue weighted by molar-refractivity contribution is -0.246. The van der Waals surface area contributed by atoms with Crippen LogP contribution in [0.5, 0.6) is 0 Å². The number of piperidine rings is 5. The van der Waals surface area contributed by atoms with Gasteiger partial charge in [0, 0.05) is 79.1 Å². The van der Waals surface area contributed by atoms with E-state index in [4.69, 9.17) is 0 Å². The summed E-state index contributed by atoms with van der Waals surface area (Å²) in [5.74, 6) is -8.30. The number of hydrogen-bond donors (Lipinski definition) is 10. The van der Waals surface area contributed by atoms with Crippen LogP contribution in [0.25, 0.3) is 0 Å². The average Bonchev–Trinajstić information content (AvgIpc) is 3.10. The summed E-state index contributed by atoms with van der Waals surface area (Å²) in [4.78, 5) is 75.3. The van der Waals surface area contributed by atoms with Gasteiger partial charge in [-0.25, -0.2) is 0 Å². The van der Waals surface area contributed by atoms with Crippen molar-refractivity contribution in [3.05, 3.63) is 0 Å². The highest BCUT2D eigenvalue weighted by atomic mass is 16.4. The first-order chi connectivity index (χ1) is 34.5. The van der Waals surface area contributed by atoms with Crippen LogP contribution in [0.4, 0.5) is 0 Å². The van der Waals surface area contributed by atoms with E-state index in [-0.39, 0.29) is 12.5 Å². The number of nitrogens with zero attached hydrogens (tertiary/aromatic N) is 3. The molecule has 10 N–H and O–H groups in total. The van der Waals surface area contributed by atoms with Gasteiger partial charge in [0.2, 0.25) is 0 Å². The fourth-order valence-electron chi connectivity index (χ4n) is 19.3. The van der Waals surface area contributed by atoms with Crippen molar-refractivity contribution >= 4 is 29.8 Å². The molecule has 0 aromatic rings. The Morgan fingerprint density at radius 1 is 0.364 bits per heavy atom. The molecule has 5 aliphatic rings. The Morgan fingerprint density at radius 2 is 0.584 bits per heavy atom. The molecule has 18 heteroatoms. The predicted molar refractivity (Wildman–Crippen MR) is 302 cm³/mol. The Hall–Kier alpha value is -2.97. The third-order valence-electron chi connectivity index (χ3n) is 18.2. The minimum atomic E-state index is -1.50. The lowest BCUT2D eigenvalue weighted by atomic mass is 9.42. The van der Waals surface area contributed by atoms with Crippen LogP contribution in [-0.2, 0) is 24.0 Å². The average molecular weight is 1090 g/mol. The Kier molecular flexibility index (Phi) is 18.3. The molecule has 5 rings (SSSR count). The summed E-state index contributed by atoms with van der Waals surface area (Å²) in [5, 5.41) is 76.6. The van der Waals surface area contributed by atoms with E-state index in [0.29, 0.717) is 64.2 Å². The van der Waals surface area contributed by atoms with E-state index in [0.717, 1.165) is 0 Å². The number of carbonyl (C=O) groups is 5. The summed E-state index contributed by atoms with van der Waals surface area (Å²) in [5.41, 5.74) is -8.87. The van der Waals surface area contributed by atoms with Crippen LogP contribution in [0.3, 0.4) is 0 Å². The number of rotatable bonds is 21. The monoisotopic (exact) mass is 1090 g/mol. The molecule has 5 heterocycles. The zero-order valence-corrected chi connectivity index (χ0v) is 51.4. The van der Waals surface area contributed by atoms with Crippen molar-refractivity contribution < 1.29 is 49.5 Å². The first-order valence-electron chi connectivity index (χ1n) is 28.8. The van der Waals surface area contributed by atoms with Gasteiger partial charge >= 0.3 is 29.8 Å². The molecule has 0 amide bonds. The molecule has 0 aromatic heterocycles. The van der Waals surface area contributed by atoms with Gasteiger partial charge in [-0.1, -0.05) is 0 Å². The van der Waals surface area contributed by atoms with Crippen molar-refractivity contribution in [2.75, 3.05) is 39.3 Å². The highest BCUT2D eigenvalue weighted by Gasteiger charge is 2.75. The van der Waals surface area contributed by atoms with Crippen LogP contribution in [-0.4, -0.2) is 182 Å². The quantitative estimate of drug-likeness (QED) is 0.0558. The van der Waals surface area contributed by atoms with E-state index >= 15 is 0 Å². The van der Waals surface area contributed by atoms with Gasteiger partial charge in [0.25, 0.3) is 0 Å². The van der Waals surface area contributed by atoms with Gasteiger partial charge in [-0.2, -0.15) is 0 Å². The van der Waals surface area contributed by atoms with E-state index < -0.39 is 159 Å². The maximum absolute atomic E-state index is 14.9. The van der Waals surface area contributed by atoms with E-state index in [1.54, 1.807) is 0 Å². The summed E-state index contributed by atoms with van der Waals surface area (Å²) in [6.07, 6.45) is 4.92. The zero-order chi connectivity index (χ0) is 58.9. The maximum atomic E-state index is 14.9. The van der Waals surface area contributed by atoms with Crippen LogP contribution in [0.15, 0.2) is 0 Å². The molecule has 0 radical (unpaired) electrons. The van der Waals surface area contributed by atoms with Gasteiger partial charge in [-0.15, -0.1) is 0 Å². The molecule has 1 atom stereocenters. The summed E-state index contributed by atoms with van der Waals surface area (Å²) in [7, 11) is 0. The summed E-state index contributed by atoms with van der Waals surface area (Å²) >= 11 is 0. The van der Waals surface area contributed by atoms with Gasteiger partial charge < -0.3 is 52.1 Å². The molecule has 0 saturated carbocycles. The highest BCUT2D eigenvalue weighted by molar-refractivity contribution is 5.74. The smallest absolute Gasteiger partial charge is 0.317 e. The normalized spacial score (nSPS) is 26.8. The second-order valence-corrected chi connectivity index (χ2v) is 31.9. The van der Waals surface area contributed by atoms with E-state index in [9.17, 15) is 49.5 Å². The minimum Gasteiger partial charge on any atom is -0.480 e. The largest absolute Gasteiger partial charge is 0.480 e. The Morgan fingerprint density at radius 3 is 0.818 bits per heavy atom. The van der Waals surface area contributed by atoms with E-state index in [2.05, 4.69) is 170 Å². The molecule has 77 heavy (non-hydrogen) atoms. The number of carboxylic acids is 5. The fraction of sp³-hybridized carbons (Fsp3) is 0.915. The minimum absolute atomic E-state index is 0.139. The molecule has 0 aliphatic carbocycles. The topological polar surface area (TPSA) is 256 Å². The summed E-state index contributed by atoms with van der Waals surface area (Å²) in [6.45, 7) is 40.0. The van der Waals surface area contributed by atoms with Crippen molar-refractivity contribution in [1.82, 2.24) is 41.3 Å². The van der Waals surface area contributed by atoms with Gasteiger partial charge in [0.15, 0.2) is 0 Å². The van der Waals surface area contributed by atoms with Crippen molar-refractivity contribution in [2.45, 2.75) is 275 Å². The molecule has 18 nitrogen and oxygen atoms in total. The van der Waals surface area contributed by atoms with E-state index in [1.165, 1.54) is 4.90 Å². The van der Waals surface area contributed by atoms with Crippen LogP contribution in [0.1, 0.15) is 203 Å². The molecule has 1 unspecified atom stereocenters. The van der Waals surface area contributed by atoms with Crippen molar-refractivity contribution in [3.8, 4) is 0 Å². The zero-order valence-electron chi connectivity index (χ0n) is 51.4. The summed E-state index contributed by atoms with van der Waals surface area (Å²) < 4.78 is 0. The second kappa shape index (κ2) is 21.7. The van der Waals surface area contributed by atoms with Crippen LogP contribution >= 0.6 is 0 Å². The van der Waals surface area contributed by atoms with Gasteiger partial charge in [0.05, 0.1) is 32.7 Å². The van der Waals surface area contributed by atoms with Gasteiger partial charge in [-0.05, 0) is 232 Å². The van der Waals surface area contributed by atoms with Crippen LogP contribution in [0.2, 0.25) is 0 Å². The van der Waals surface area contributed by atoms with Crippen molar-refractivity contribution in [1.29, 1.82) is 0 Å². The molecule has 444 valence electrons. The first-order valence-corrected chi connectivity index (χ1v) is 28.8. The number of carboxylic acid groups (broad SMARTS) is 5. The van der Waals surface area contributed by atoms with E-state index in [1.807, 2.05) is 4.90 Å². The fourth-order valence-corrected chi connectivity index (χ4v) is 19.3. The highest BCUT2D eigenvalue weighted by Crippen LogP contribution is 2.66. The number of aliphatic carboxylic acids is 5. The second-order valence-electron chi connectivity index (χ2n) is 31.9. The molecule has 5 fully saturated rings. The first kappa shape index (κ1) is 64.8. The number of hydrogen-bond acceptors (Lipinski definition) is 13. The van der Waals surface area contributed by atoms with Crippen molar-refractivity contribution in [2.24, 2.45) is 29.6 Å². The Bertz CT molecular complexity index is 1990. The predicted octanol–water partition coefficient (Wildman–Crippen LogP) is 6.95. The van der Waals surface area contributed by atoms with Crippen molar-refractivity contribution in [3.63, 3.8) is 0 Å². The lowest BCUT2D eigenvalue weighted by Crippen LogP contribution is -2.88. The Balaban J connectivity index is 2.31. The molecule has 5 saturated heterocycles. The molecule has 0 aromatic carbocycles. The molecular formula is C59H108N8O10. The molecular weight excluding hydrogens is 981 g/mol. The Labute approximate surface area is 463 Å². The molecule has 5 aliphatic heterocycles. The lowest BCUT2D eigenvalue weighted by Gasteiger charge is -2.76. The third-order valence-corrected chi connectivity index (χ3v) is 18.2. The SMILES string of the molecule is CC1(C)CC(C(CN(CC(=O)O)CC(=O)O)N(CC(=O)O)C(C2CC(C)(C)NC(C)(C)C2)(C2CC(C)(C)NC(C)(C)C2)C(C2CC(C)(C)NC(C)(C)C2)(C2CC(C)(C)NC(C)(C)C2)N(CC(=O)O)CC(=O)O)CC(C)(C)N1.